The third-order valence-electron chi connectivity index (χ3n) is 5.05. The zero-order valence-corrected chi connectivity index (χ0v) is 17.7. The number of hydrogen-bond donors (Lipinski definition) is 1. The van der Waals surface area contributed by atoms with Crippen molar-refractivity contribution in [1.82, 2.24) is 0 Å². The summed E-state index contributed by atoms with van der Waals surface area (Å²) < 4.78 is 5.20. The van der Waals surface area contributed by atoms with Crippen molar-refractivity contribution in [2.45, 2.75) is 39.5 Å². The molecule has 1 aliphatic rings. The number of nitro benzene ring substituents is 1. The molecule has 1 N–H and O–H groups in total. The van der Waals surface area contributed by atoms with Crippen LogP contribution in [0.4, 0.5) is 10.7 Å². The number of ether oxygens (including phenoxy) is 1. The molecule has 0 saturated carbocycles. The maximum Gasteiger partial charge on any atom is 0.341 e. The van der Waals surface area contributed by atoms with E-state index < -0.39 is 16.8 Å². The molecule has 7 nitrogen and oxygen atoms in total. The van der Waals surface area contributed by atoms with Crippen molar-refractivity contribution in [3.8, 4) is 0 Å². The summed E-state index contributed by atoms with van der Waals surface area (Å²) in [7, 11) is 0. The molecule has 9 heteroatoms. The standard InChI is InChI=1S/C20H21ClN2O5S/c1-3-11-5-7-14-16(9-11)29-19(17(14)20(25)28-4-2)22-18(24)13-8-6-12(21)10-15(13)23(26)27/h6,8,10-11H,3-5,7,9H2,1-2H3,(H,22,24). The van der Waals surface area contributed by atoms with Crippen molar-refractivity contribution >= 4 is 45.5 Å². The van der Waals surface area contributed by atoms with Gasteiger partial charge in [0, 0.05) is 16.0 Å². The van der Waals surface area contributed by atoms with Gasteiger partial charge in [-0.15, -0.1) is 11.3 Å². The first kappa shape index (κ1) is 21.3. The molecule has 154 valence electrons. The van der Waals surface area contributed by atoms with Gasteiger partial charge in [0.25, 0.3) is 11.6 Å². The second-order valence-electron chi connectivity index (χ2n) is 6.82. The highest BCUT2D eigenvalue weighted by Crippen LogP contribution is 2.41. The van der Waals surface area contributed by atoms with Crippen LogP contribution in [0.2, 0.25) is 5.02 Å². The highest BCUT2D eigenvalue weighted by atomic mass is 35.5. The van der Waals surface area contributed by atoms with Gasteiger partial charge in [0.05, 0.1) is 17.1 Å². The number of nitrogens with zero attached hydrogens (tertiary/aromatic N) is 1. The van der Waals surface area contributed by atoms with Gasteiger partial charge in [-0.05, 0) is 49.8 Å². The van der Waals surface area contributed by atoms with Gasteiger partial charge in [0.15, 0.2) is 0 Å². The monoisotopic (exact) mass is 436 g/mol. The molecule has 1 amide bonds. The highest BCUT2D eigenvalue weighted by molar-refractivity contribution is 7.17. The summed E-state index contributed by atoms with van der Waals surface area (Å²) in [6.45, 7) is 4.08. The summed E-state index contributed by atoms with van der Waals surface area (Å²) >= 11 is 7.18. The Kier molecular flexibility index (Phi) is 6.54. The van der Waals surface area contributed by atoms with Crippen LogP contribution in [0.3, 0.4) is 0 Å². The SMILES string of the molecule is CCOC(=O)c1c(NC(=O)c2ccc(Cl)cc2[N+](=O)[O-])sc2c1CCC(CC)C2. The number of anilines is 1. The summed E-state index contributed by atoms with van der Waals surface area (Å²) in [6, 6.07) is 3.86. The molecule has 1 aliphatic carbocycles. The number of amides is 1. The van der Waals surface area contributed by atoms with Crippen molar-refractivity contribution < 1.29 is 19.2 Å². The predicted molar refractivity (Wildman–Crippen MR) is 112 cm³/mol. The first-order chi connectivity index (χ1) is 13.8. The number of carbonyl (C=O) groups is 2. The molecular weight excluding hydrogens is 416 g/mol. The fraction of sp³-hybridized carbons (Fsp3) is 0.400. The summed E-state index contributed by atoms with van der Waals surface area (Å²) in [5.41, 5.74) is 0.775. The average Bonchev–Trinajstić information content (AvgIpc) is 3.04. The van der Waals surface area contributed by atoms with Gasteiger partial charge < -0.3 is 10.1 Å². The predicted octanol–water partition coefficient (Wildman–Crippen LogP) is 5.25. The van der Waals surface area contributed by atoms with Crippen LogP contribution in [0, 0.1) is 16.0 Å². The van der Waals surface area contributed by atoms with Gasteiger partial charge in [-0.1, -0.05) is 24.9 Å². The normalized spacial score (nSPS) is 15.5. The van der Waals surface area contributed by atoms with E-state index in [2.05, 4.69) is 12.2 Å². The van der Waals surface area contributed by atoms with E-state index in [1.807, 2.05) is 0 Å². The van der Waals surface area contributed by atoms with Gasteiger partial charge in [-0.3, -0.25) is 14.9 Å². The number of benzene rings is 1. The van der Waals surface area contributed by atoms with Gasteiger partial charge in [-0.25, -0.2) is 4.79 Å². The van der Waals surface area contributed by atoms with E-state index >= 15 is 0 Å². The van der Waals surface area contributed by atoms with E-state index in [0.717, 1.165) is 42.2 Å². The molecule has 0 saturated heterocycles. The van der Waals surface area contributed by atoms with E-state index in [9.17, 15) is 19.7 Å². The van der Waals surface area contributed by atoms with E-state index in [0.29, 0.717) is 16.5 Å². The van der Waals surface area contributed by atoms with Crippen LogP contribution in [0.1, 0.15) is 57.8 Å². The minimum Gasteiger partial charge on any atom is -0.462 e. The molecule has 2 aromatic rings. The Labute approximate surface area is 177 Å². The lowest BCUT2D eigenvalue weighted by Crippen LogP contribution is -2.17. The third-order valence-corrected chi connectivity index (χ3v) is 6.46. The second kappa shape index (κ2) is 8.92. The first-order valence-electron chi connectivity index (χ1n) is 9.42. The Bertz CT molecular complexity index is 972. The van der Waals surface area contributed by atoms with Crippen LogP contribution in [-0.4, -0.2) is 23.4 Å². The lowest BCUT2D eigenvalue weighted by atomic mass is 9.85. The molecule has 1 aromatic heterocycles. The van der Waals surface area contributed by atoms with Crippen LogP contribution >= 0.6 is 22.9 Å². The quantitative estimate of drug-likeness (QED) is 0.378. The van der Waals surface area contributed by atoms with Gasteiger partial charge in [0.2, 0.25) is 0 Å². The Morgan fingerprint density at radius 2 is 2.14 bits per heavy atom. The Balaban J connectivity index is 1.99. The summed E-state index contributed by atoms with van der Waals surface area (Å²) in [5.74, 6) is -0.609. The molecule has 1 unspecified atom stereocenters. The van der Waals surface area contributed by atoms with Crippen LogP contribution in [0.5, 0.6) is 0 Å². The van der Waals surface area contributed by atoms with Gasteiger partial charge >= 0.3 is 5.97 Å². The fourth-order valence-electron chi connectivity index (χ4n) is 3.53. The van der Waals surface area contributed by atoms with Crippen molar-refractivity contribution in [3.05, 3.63) is 54.9 Å². The number of nitro groups is 1. The maximum absolute atomic E-state index is 12.8. The van der Waals surface area contributed by atoms with Gasteiger partial charge in [-0.2, -0.15) is 0 Å². The lowest BCUT2D eigenvalue weighted by molar-refractivity contribution is -0.385. The number of fused-ring (bicyclic) bond motifs is 1. The van der Waals surface area contributed by atoms with Crippen LogP contribution < -0.4 is 5.32 Å². The minimum absolute atomic E-state index is 0.119. The molecule has 29 heavy (non-hydrogen) atoms. The molecule has 3 rings (SSSR count). The smallest absolute Gasteiger partial charge is 0.341 e. The van der Waals surface area contributed by atoms with E-state index in [1.165, 1.54) is 23.5 Å². The number of halogens is 1. The van der Waals surface area contributed by atoms with E-state index in [4.69, 9.17) is 16.3 Å². The number of nitrogens with one attached hydrogen (secondary N) is 1. The molecule has 0 bridgehead atoms. The number of rotatable bonds is 6. The number of esters is 1. The summed E-state index contributed by atoms with van der Waals surface area (Å²) in [6.07, 6.45) is 3.61. The molecule has 1 aromatic carbocycles. The summed E-state index contributed by atoms with van der Waals surface area (Å²) in [5, 5.41) is 14.6. The maximum atomic E-state index is 12.8. The number of carbonyl (C=O) groups excluding carboxylic acids is 2. The largest absolute Gasteiger partial charge is 0.462 e. The molecule has 1 atom stereocenters. The molecule has 0 aliphatic heterocycles. The molecule has 0 radical (unpaired) electrons. The Morgan fingerprint density at radius 1 is 1.38 bits per heavy atom. The zero-order valence-electron chi connectivity index (χ0n) is 16.1. The average molecular weight is 437 g/mol. The van der Waals surface area contributed by atoms with Crippen LogP contribution in [0.15, 0.2) is 18.2 Å². The second-order valence-corrected chi connectivity index (χ2v) is 8.36. The summed E-state index contributed by atoms with van der Waals surface area (Å²) in [4.78, 5) is 37.1. The van der Waals surface area contributed by atoms with E-state index in [1.54, 1.807) is 6.92 Å². The third kappa shape index (κ3) is 4.43. The Hall–Kier alpha value is -2.45. The number of hydrogen-bond acceptors (Lipinski definition) is 6. The van der Waals surface area contributed by atoms with Crippen LogP contribution in [-0.2, 0) is 17.6 Å². The van der Waals surface area contributed by atoms with Crippen molar-refractivity contribution in [1.29, 1.82) is 0 Å². The molecule has 0 fully saturated rings. The van der Waals surface area contributed by atoms with Gasteiger partial charge in [0.1, 0.15) is 10.6 Å². The highest BCUT2D eigenvalue weighted by Gasteiger charge is 2.31. The number of thiophene rings is 1. The molecule has 0 spiro atoms. The Morgan fingerprint density at radius 3 is 2.79 bits per heavy atom. The van der Waals surface area contributed by atoms with Crippen LogP contribution in [0.25, 0.3) is 0 Å². The first-order valence-corrected chi connectivity index (χ1v) is 10.6. The molecule has 1 heterocycles. The lowest BCUT2D eigenvalue weighted by Gasteiger charge is -2.20. The molecular formula is C20H21ClN2O5S. The van der Waals surface area contributed by atoms with E-state index in [-0.39, 0.29) is 22.9 Å². The minimum atomic E-state index is -0.662. The zero-order chi connectivity index (χ0) is 21.1. The van der Waals surface area contributed by atoms with Crippen molar-refractivity contribution in [2.24, 2.45) is 5.92 Å². The van der Waals surface area contributed by atoms with Crippen molar-refractivity contribution in [2.75, 3.05) is 11.9 Å². The topological polar surface area (TPSA) is 98.5 Å². The fourth-order valence-corrected chi connectivity index (χ4v) is 5.04. The van der Waals surface area contributed by atoms with Crippen molar-refractivity contribution in [3.63, 3.8) is 0 Å².